The molecular formula is C12H12O2. The summed E-state index contributed by atoms with van der Waals surface area (Å²) < 4.78 is 0. The van der Waals surface area contributed by atoms with E-state index in [-0.39, 0.29) is 5.75 Å². The zero-order valence-electron chi connectivity index (χ0n) is 8.24. The fraction of sp³-hybridized carbons (Fsp3) is 0.250. The Morgan fingerprint density at radius 1 is 1.43 bits per heavy atom. The summed E-state index contributed by atoms with van der Waals surface area (Å²) in [5.74, 6) is 0.199. The van der Waals surface area contributed by atoms with Gasteiger partial charge in [0.1, 0.15) is 12.0 Å². The molecule has 0 spiro atoms. The highest BCUT2D eigenvalue weighted by molar-refractivity contribution is 5.86. The second-order valence-corrected chi connectivity index (χ2v) is 3.89. The van der Waals surface area contributed by atoms with Crippen LogP contribution >= 0.6 is 0 Å². The van der Waals surface area contributed by atoms with Crippen molar-refractivity contribution in [3.63, 3.8) is 0 Å². The molecule has 0 saturated heterocycles. The zero-order chi connectivity index (χ0) is 10.3. The van der Waals surface area contributed by atoms with Gasteiger partial charge in [0.05, 0.1) is 5.41 Å². The van der Waals surface area contributed by atoms with Crippen LogP contribution in [0, 0.1) is 0 Å². The molecule has 0 radical (unpaired) electrons. The van der Waals surface area contributed by atoms with Crippen molar-refractivity contribution in [2.75, 3.05) is 0 Å². The van der Waals surface area contributed by atoms with Gasteiger partial charge in [0, 0.05) is 5.56 Å². The highest BCUT2D eigenvalue weighted by atomic mass is 16.3. The average Bonchev–Trinajstić information content (AvgIpc) is 2.41. The maximum atomic E-state index is 11.1. The number of fused-ring (bicyclic) bond motifs is 1. The maximum absolute atomic E-state index is 11.1. The number of benzene rings is 1. The van der Waals surface area contributed by atoms with Gasteiger partial charge in [-0.3, -0.25) is 0 Å². The minimum Gasteiger partial charge on any atom is -0.508 e. The highest BCUT2D eigenvalue weighted by Crippen LogP contribution is 2.44. The van der Waals surface area contributed by atoms with Gasteiger partial charge in [0.15, 0.2) is 0 Å². The van der Waals surface area contributed by atoms with E-state index in [1.807, 2.05) is 26.0 Å². The van der Waals surface area contributed by atoms with Crippen LogP contribution in [0.3, 0.4) is 0 Å². The normalized spacial score (nSPS) is 24.3. The molecule has 0 aliphatic heterocycles. The van der Waals surface area contributed by atoms with Gasteiger partial charge >= 0.3 is 0 Å². The maximum Gasteiger partial charge on any atom is 0.134 e. The predicted octanol–water partition coefficient (Wildman–Crippen LogP) is 2.27. The van der Waals surface area contributed by atoms with E-state index in [4.69, 9.17) is 0 Å². The fourth-order valence-electron chi connectivity index (χ4n) is 1.98. The number of aldehydes is 1. The van der Waals surface area contributed by atoms with Crippen molar-refractivity contribution in [3.05, 3.63) is 34.9 Å². The molecular weight excluding hydrogens is 176 g/mol. The van der Waals surface area contributed by atoms with E-state index < -0.39 is 5.41 Å². The Morgan fingerprint density at radius 3 is 2.79 bits per heavy atom. The molecule has 1 atom stereocenters. The van der Waals surface area contributed by atoms with Crippen molar-refractivity contribution in [3.8, 4) is 5.75 Å². The van der Waals surface area contributed by atoms with Crippen molar-refractivity contribution >= 4 is 12.4 Å². The van der Waals surface area contributed by atoms with Crippen LogP contribution < -0.4 is 0 Å². The van der Waals surface area contributed by atoms with Gasteiger partial charge < -0.3 is 9.90 Å². The lowest BCUT2D eigenvalue weighted by Crippen LogP contribution is -2.22. The Bertz CT molecular complexity index is 432. The lowest BCUT2D eigenvalue weighted by Gasteiger charge is -2.21. The first-order chi connectivity index (χ1) is 6.59. The van der Waals surface area contributed by atoms with Crippen molar-refractivity contribution in [2.45, 2.75) is 19.3 Å². The summed E-state index contributed by atoms with van der Waals surface area (Å²) in [7, 11) is 0. The van der Waals surface area contributed by atoms with Crippen LogP contribution in [0.15, 0.2) is 23.8 Å². The molecule has 1 unspecified atom stereocenters. The smallest absolute Gasteiger partial charge is 0.134 e. The first-order valence-corrected chi connectivity index (χ1v) is 4.57. The summed E-state index contributed by atoms with van der Waals surface area (Å²) in [6, 6.07) is 5.31. The van der Waals surface area contributed by atoms with Gasteiger partial charge in [-0.2, -0.15) is 0 Å². The molecule has 1 N–H and O–H groups in total. The van der Waals surface area contributed by atoms with E-state index in [2.05, 4.69) is 0 Å². The molecule has 1 aromatic carbocycles. The molecule has 0 fully saturated rings. The number of aromatic hydroxyl groups is 1. The molecule has 14 heavy (non-hydrogen) atoms. The molecule has 0 heterocycles. The third kappa shape index (κ3) is 0.939. The number of phenols is 1. The van der Waals surface area contributed by atoms with Crippen LogP contribution in [-0.2, 0) is 10.2 Å². The first-order valence-electron chi connectivity index (χ1n) is 4.57. The summed E-state index contributed by atoms with van der Waals surface area (Å²) in [6.45, 7) is 3.74. The first kappa shape index (κ1) is 9.00. The van der Waals surface area contributed by atoms with Crippen molar-refractivity contribution in [1.82, 2.24) is 0 Å². The Hall–Kier alpha value is -1.57. The lowest BCUT2D eigenvalue weighted by atomic mass is 9.81. The Morgan fingerprint density at radius 2 is 2.14 bits per heavy atom. The van der Waals surface area contributed by atoms with Gasteiger partial charge in [-0.1, -0.05) is 23.8 Å². The van der Waals surface area contributed by atoms with Crippen molar-refractivity contribution < 1.29 is 9.90 Å². The largest absolute Gasteiger partial charge is 0.508 e. The van der Waals surface area contributed by atoms with Crippen molar-refractivity contribution in [2.24, 2.45) is 0 Å². The fourth-order valence-corrected chi connectivity index (χ4v) is 1.98. The highest BCUT2D eigenvalue weighted by Gasteiger charge is 2.36. The topological polar surface area (TPSA) is 37.3 Å². The van der Waals surface area contributed by atoms with Gasteiger partial charge in [0.25, 0.3) is 0 Å². The van der Waals surface area contributed by atoms with Crippen LogP contribution in [0.2, 0.25) is 0 Å². The van der Waals surface area contributed by atoms with Gasteiger partial charge in [-0.25, -0.2) is 0 Å². The van der Waals surface area contributed by atoms with E-state index in [9.17, 15) is 9.90 Å². The number of allylic oxidation sites excluding steroid dienone is 1. The second-order valence-electron chi connectivity index (χ2n) is 3.89. The number of carbonyl (C=O) groups excluding carboxylic acids is 1. The molecule has 72 valence electrons. The molecule has 1 aliphatic rings. The van der Waals surface area contributed by atoms with Crippen LogP contribution in [0.4, 0.5) is 0 Å². The SMILES string of the molecule is CC1=Cc2cccc(O)c2C1(C)C=O. The van der Waals surface area contributed by atoms with E-state index in [1.54, 1.807) is 12.1 Å². The molecule has 0 saturated carbocycles. The van der Waals surface area contributed by atoms with E-state index in [1.165, 1.54) is 0 Å². The van der Waals surface area contributed by atoms with E-state index in [0.717, 1.165) is 23.0 Å². The summed E-state index contributed by atoms with van der Waals surface area (Å²) in [5, 5.41) is 9.72. The summed E-state index contributed by atoms with van der Waals surface area (Å²) in [6.07, 6.45) is 2.84. The number of carbonyl (C=O) groups is 1. The Kier molecular flexibility index (Phi) is 1.74. The van der Waals surface area contributed by atoms with Crippen LogP contribution in [0.5, 0.6) is 5.75 Å². The van der Waals surface area contributed by atoms with Crippen LogP contribution in [0.25, 0.3) is 6.08 Å². The number of hydrogen-bond donors (Lipinski definition) is 1. The van der Waals surface area contributed by atoms with Gasteiger partial charge in [0.2, 0.25) is 0 Å². The van der Waals surface area contributed by atoms with E-state index in [0.29, 0.717) is 0 Å². The molecule has 0 bridgehead atoms. The van der Waals surface area contributed by atoms with E-state index >= 15 is 0 Å². The summed E-state index contributed by atoms with van der Waals surface area (Å²) in [5.41, 5.74) is 1.99. The monoisotopic (exact) mass is 188 g/mol. The van der Waals surface area contributed by atoms with Crippen LogP contribution in [0.1, 0.15) is 25.0 Å². The number of hydrogen-bond acceptors (Lipinski definition) is 2. The van der Waals surface area contributed by atoms with Gasteiger partial charge in [-0.05, 0) is 25.5 Å². The molecule has 0 aromatic heterocycles. The summed E-state index contributed by atoms with van der Waals surface area (Å²) >= 11 is 0. The van der Waals surface area contributed by atoms with Crippen LogP contribution in [-0.4, -0.2) is 11.4 Å². The minimum absolute atomic E-state index is 0.199. The molecule has 2 nitrogen and oxygen atoms in total. The minimum atomic E-state index is -0.652. The number of phenolic OH excluding ortho intramolecular Hbond substituents is 1. The quantitative estimate of drug-likeness (QED) is 0.686. The second kappa shape index (κ2) is 2.71. The van der Waals surface area contributed by atoms with Gasteiger partial charge in [-0.15, -0.1) is 0 Å². The molecule has 1 aromatic rings. The Labute approximate surface area is 82.9 Å². The summed E-state index contributed by atoms with van der Waals surface area (Å²) in [4.78, 5) is 11.1. The Balaban J connectivity index is 2.74. The zero-order valence-corrected chi connectivity index (χ0v) is 8.24. The molecule has 1 aliphatic carbocycles. The molecule has 2 rings (SSSR count). The average molecular weight is 188 g/mol. The lowest BCUT2D eigenvalue weighted by molar-refractivity contribution is -0.111. The standard InChI is InChI=1S/C12H12O2/c1-8-6-9-4-3-5-10(14)11(9)12(8,2)7-13/h3-7,14H,1-2H3. The predicted molar refractivity (Wildman–Crippen MR) is 55.2 cm³/mol. The number of rotatable bonds is 1. The molecule has 0 amide bonds. The third-order valence-electron chi connectivity index (χ3n) is 3.02. The molecule has 2 heteroatoms. The van der Waals surface area contributed by atoms with Crippen molar-refractivity contribution in [1.29, 1.82) is 0 Å². The third-order valence-corrected chi connectivity index (χ3v) is 3.02.